The second kappa shape index (κ2) is 6.21. The molecule has 96 valence electrons. The van der Waals surface area contributed by atoms with E-state index in [1.54, 1.807) is 12.5 Å². The second-order valence-corrected chi connectivity index (χ2v) is 4.20. The first-order chi connectivity index (χ1) is 8.81. The number of nitrogens with two attached hydrogens (primary N) is 1. The molecule has 1 aromatic carbocycles. The molecule has 1 heterocycles. The highest BCUT2D eigenvalue weighted by atomic mass is 16.5. The normalized spacial score (nSPS) is 12.3. The lowest BCUT2D eigenvalue weighted by Gasteiger charge is -2.15. The van der Waals surface area contributed by atoms with Gasteiger partial charge in [-0.2, -0.15) is 0 Å². The number of benzene rings is 1. The number of nitrogens with zero attached hydrogens (tertiary/aromatic N) is 2. The van der Waals surface area contributed by atoms with E-state index in [2.05, 4.69) is 11.9 Å². The SMILES string of the molecule is CC[C@@H](N)c1ccccc1OCCn1ccnc1. The quantitative estimate of drug-likeness (QED) is 0.850. The van der Waals surface area contributed by atoms with Crippen LogP contribution in [0.15, 0.2) is 43.0 Å². The zero-order valence-corrected chi connectivity index (χ0v) is 10.6. The molecule has 1 aromatic heterocycles. The highest BCUT2D eigenvalue weighted by Crippen LogP contribution is 2.25. The summed E-state index contributed by atoms with van der Waals surface area (Å²) in [6.45, 7) is 3.48. The molecule has 0 fully saturated rings. The highest BCUT2D eigenvalue weighted by Gasteiger charge is 2.09. The zero-order chi connectivity index (χ0) is 12.8. The van der Waals surface area contributed by atoms with Gasteiger partial charge in [-0.1, -0.05) is 25.1 Å². The van der Waals surface area contributed by atoms with Gasteiger partial charge in [-0.05, 0) is 12.5 Å². The highest BCUT2D eigenvalue weighted by molar-refractivity contribution is 5.35. The van der Waals surface area contributed by atoms with Crippen molar-refractivity contribution >= 4 is 0 Å². The van der Waals surface area contributed by atoms with Crippen molar-refractivity contribution in [2.24, 2.45) is 5.73 Å². The number of hydrogen-bond donors (Lipinski definition) is 1. The van der Waals surface area contributed by atoms with Crippen LogP contribution in [0.4, 0.5) is 0 Å². The smallest absolute Gasteiger partial charge is 0.124 e. The zero-order valence-electron chi connectivity index (χ0n) is 10.6. The molecule has 2 N–H and O–H groups in total. The van der Waals surface area contributed by atoms with E-state index < -0.39 is 0 Å². The Hall–Kier alpha value is -1.81. The van der Waals surface area contributed by atoms with E-state index in [0.29, 0.717) is 6.61 Å². The van der Waals surface area contributed by atoms with Gasteiger partial charge in [-0.3, -0.25) is 0 Å². The maximum absolute atomic E-state index is 6.07. The Balaban J connectivity index is 1.96. The van der Waals surface area contributed by atoms with E-state index in [1.165, 1.54) is 0 Å². The standard InChI is InChI=1S/C14H19N3O/c1-2-13(15)12-5-3-4-6-14(12)18-10-9-17-8-7-16-11-17/h3-8,11,13H,2,9-10,15H2,1H3/t13-/m1/s1. The molecular formula is C14H19N3O. The summed E-state index contributed by atoms with van der Waals surface area (Å²) in [6.07, 6.45) is 6.38. The number of ether oxygens (including phenoxy) is 1. The van der Waals surface area contributed by atoms with Crippen molar-refractivity contribution in [3.8, 4) is 5.75 Å². The molecule has 0 aliphatic rings. The van der Waals surface area contributed by atoms with Crippen molar-refractivity contribution in [3.63, 3.8) is 0 Å². The topological polar surface area (TPSA) is 53.1 Å². The van der Waals surface area contributed by atoms with Crippen molar-refractivity contribution in [2.75, 3.05) is 6.61 Å². The maximum Gasteiger partial charge on any atom is 0.124 e. The molecule has 0 aliphatic heterocycles. The van der Waals surface area contributed by atoms with Gasteiger partial charge in [0.15, 0.2) is 0 Å². The molecule has 0 amide bonds. The molecule has 2 aromatic rings. The number of hydrogen-bond acceptors (Lipinski definition) is 3. The summed E-state index contributed by atoms with van der Waals surface area (Å²) in [5.74, 6) is 0.881. The minimum atomic E-state index is 0.0365. The maximum atomic E-state index is 6.07. The van der Waals surface area contributed by atoms with Crippen LogP contribution in [0.3, 0.4) is 0 Å². The minimum absolute atomic E-state index is 0.0365. The first kappa shape index (κ1) is 12.6. The van der Waals surface area contributed by atoms with Crippen molar-refractivity contribution in [1.29, 1.82) is 0 Å². The van der Waals surface area contributed by atoms with Gasteiger partial charge in [0.1, 0.15) is 12.4 Å². The van der Waals surface area contributed by atoms with Gasteiger partial charge in [-0.15, -0.1) is 0 Å². The van der Waals surface area contributed by atoms with Crippen LogP contribution in [0, 0.1) is 0 Å². The molecule has 0 saturated carbocycles. The second-order valence-electron chi connectivity index (χ2n) is 4.20. The largest absolute Gasteiger partial charge is 0.491 e. The summed E-state index contributed by atoms with van der Waals surface area (Å²) in [6, 6.07) is 8.00. The van der Waals surface area contributed by atoms with E-state index in [0.717, 1.165) is 24.3 Å². The van der Waals surface area contributed by atoms with Gasteiger partial charge in [0, 0.05) is 24.0 Å². The average molecular weight is 245 g/mol. The summed E-state index contributed by atoms with van der Waals surface area (Å²) in [5, 5.41) is 0. The first-order valence-electron chi connectivity index (χ1n) is 6.24. The molecule has 18 heavy (non-hydrogen) atoms. The van der Waals surface area contributed by atoms with Crippen LogP contribution in [0.5, 0.6) is 5.75 Å². The molecule has 0 bridgehead atoms. The fourth-order valence-electron chi connectivity index (χ4n) is 1.82. The lowest BCUT2D eigenvalue weighted by molar-refractivity contribution is 0.293. The van der Waals surface area contributed by atoms with Crippen LogP contribution >= 0.6 is 0 Å². The van der Waals surface area contributed by atoms with E-state index in [1.807, 2.05) is 35.0 Å². The molecule has 0 unspecified atom stereocenters. The predicted molar refractivity (Wildman–Crippen MR) is 71.4 cm³/mol. The van der Waals surface area contributed by atoms with Crippen LogP contribution in [0.2, 0.25) is 0 Å². The molecule has 2 rings (SSSR count). The van der Waals surface area contributed by atoms with E-state index >= 15 is 0 Å². The molecule has 4 nitrogen and oxygen atoms in total. The Morgan fingerprint density at radius 2 is 2.22 bits per heavy atom. The molecule has 1 atom stereocenters. The van der Waals surface area contributed by atoms with Crippen molar-refractivity contribution < 1.29 is 4.74 Å². The Labute approximate surface area is 107 Å². The van der Waals surface area contributed by atoms with Gasteiger partial charge >= 0.3 is 0 Å². The molecule has 0 aliphatic carbocycles. The summed E-state index contributed by atoms with van der Waals surface area (Å²) in [4.78, 5) is 3.99. The Morgan fingerprint density at radius 3 is 2.94 bits per heavy atom. The van der Waals surface area contributed by atoms with Gasteiger partial charge in [0.2, 0.25) is 0 Å². The number of para-hydroxylation sites is 1. The summed E-state index contributed by atoms with van der Waals surface area (Å²) < 4.78 is 7.79. The van der Waals surface area contributed by atoms with Crippen LogP contribution < -0.4 is 10.5 Å². The summed E-state index contributed by atoms with van der Waals surface area (Å²) >= 11 is 0. The molecule has 0 radical (unpaired) electrons. The third kappa shape index (κ3) is 3.11. The lowest BCUT2D eigenvalue weighted by atomic mass is 10.0. The third-order valence-corrected chi connectivity index (χ3v) is 2.92. The van der Waals surface area contributed by atoms with Crippen molar-refractivity contribution in [2.45, 2.75) is 25.9 Å². The number of aromatic nitrogens is 2. The number of imidazole rings is 1. The van der Waals surface area contributed by atoms with E-state index in [-0.39, 0.29) is 6.04 Å². The monoisotopic (exact) mass is 245 g/mol. The summed E-state index contributed by atoms with van der Waals surface area (Å²) in [7, 11) is 0. The van der Waals surface area contributed by atoms with Crippen LogP contribution in [0.25, 0.3) is 0 Å². The third-order valence-electron chi connectivity index (χ3n) is 2.92. The van der Waals surface area contributed by atoms with Crippen LogP contribution in [-0.2, 0) is 6.54 Å². The fraction of sp³-hybridized carbons (Fsp3) is 0.357. The molecule has 0 saturated heterocycles. The minimum Gasteiger partial charge on any atom is -0.491 e. The van der Waals surface area contributed by atoms with Crippen molar-refractivity contribution in [1.82, 2.24) is 9.55 Å². The Morgan fingerprint density at radius 1 is 1.39 bits per heavy atom. The van der Waals surface area contributed by atoms with Gasteiger partial charge in [-0.25, -0.2) is 4.98 Å². The molecule has 4 heteroatoms. The summed E-state index contributed by atoms with van der Waals surface area (Å²) in [5.41, 5.74) is 7.14. The van der Waals surface area contributed by atoms with Gasteiger partial charge in [0.25, 0.3) is 0 Å². The van der Waals surface area contributed by atoms with Gasteiger partial charge < -0.3 is 15.0 Å². The Kier molecular flexibility index (Phi) is 4.36. The Bertz CT molecular complexity index is 468. The van der Waals surface area contributed by atoms with Crippen LogP contribution in [-0.4, -0.2) is 16.2 Å². The molecular weight excluding hydrogens is 226 g/mol. The van der Waals surface area contributed by atoms with Gasteiger partial charge in [0.05, 0.1) is 12.9 Å². The number of rotatable bonds is 6. The van der Waals surface area contributed by atoms with E-state index in [4.69, 9.17) is 10.5 Å². The first-order valence-corrected chi connectivity index (χ1v) is 6.24. The molecule has 0 spiro atoms. The average Bonchev–Trinajstić information content (AvgIpc) is 2.92. The van der Waals surface area contributed by atoms with E-state index in [9.17, 15) is 0 Å². The fourth-order valence-corrected chi connectivity index (χ4v) is 1.82. The van der Waals surface area contributed by atoms with Crippen molar-refractivity contribution in [3.05, 3.63) is 48.5 Å². The lowest BCUT2D eigenvalue weighted by Crippen LogP contribution is -2.12. The van der Waals surface area contributed by atoms with Crippen LogP contribution in [0.1, 0.15) is 24.9 Å². The predicted octanol–water partition coefficient (Wildman–Crippen LogP) is 2.37.